The SMILES string of the molecule is Cc1ccc([C@@H](NC(=O)c2c(C)noc2C)C2CC2)cc1. The van der Waals surface area contributed by atoms with Crippen LogP contribution in [0.15, 0.2) is 28.8 Å². The van der Waals surface area contributed by atoms with Crippen LogP contribution in [-0.2, 0) is 0 Å². The van der Waals surface area contributed by atoms with Gasteiger partial charge in [-0.1, -0.05) is 35.0 Å². The van der Waals surface area contributed by atoms with Crippen molar-refractivity contribution >= 4 is 5.91 Å². The van der Waals surface area contributed by atoms with Crippen LogP contribution < -0.4 is 5.32 Å². The molecule has 0 radical (unpaired) electrons. The molecule has 1 aromatic carbocycles. The van der Waals surface area contributed by atoms with Crippen LogP contribution in [0.2, 0.25) is 0 Å². The summed E-state index contributed by atoms with van der Waals surface area (Å²) in [4.78, 5) is 12.5. The number of aromatic nitrogens is 1. The van der Waals surface area contributed by atoms with Crippen molar-refractivity contribution in [3.63, 3.8) is 0 Å². The molecule has 1 fully saturated rings. The van der Waals surface area contributed by atoms with Gasteiger partial charge in [0.05, 0.1) is 11.7 Å². The number of carbonyl (C=O) groups is 1. The Morgan fingerprint density at radius 1 is 1.24 bits per heavy atom. The molecule has 1 aliphatic rings. The molecular weight excluding hydrogens is 264 g/mol. The van der Waals surface area contributed by atoms with E-state index in [1.165, 1.54) is 24.0 Å². The Hall–Kier alpha value is -2.10. The molecule has 0 saturated heterocycles. The van der Waals surface area contributed by atoms with Gasteiger partial charge >= 0.3 is 0 Å². The van der Waals surface area contributed by atoms with E-state index >= 15 is 0 Å². The van der Waals surface area contributed by atoms with Gasteiger partial charge < -0.3 is 9.84 Å². The van der Waals surface area contributed by atoms with Crippen molar-refractivity contribution in [2.75, 3.05) is 0 Å². The molecule has 1 amide bonds. The summed E-state index contributed by atoms with van der Waals surface area (Å²) in [6.07, 6.45) is 2.33. The molecule has 1 N–H and O–H groups in total. The number of benzene rings is 1. The minimum Gasteiger partial charge on any atom is -0.361 e. The summed E-state index contributed by atoms with van der Waals surface area (Å²) in [5, 5.41) is 7.01. The zero-order valence-corrected chi connectivity index (χ0v) is 12.6. The van der Waals surface area contributed by atoms with E-state index in [1.54, 1.807) is 13.8 Å². The molecule has 2 aromatic rings. The molecule has 0 aliphatic heterocycles. The lowest BCUT2D eigenvalue weighted by Crippen LogP contribution is -2.30. The Balaban J connectivity index is 1.83. The molecule has 3 rings (SSSR count). The van der Waals surface area contributed by atoms with E-state index < -0.39 is 0 Å². The van der Waals surface area contributed by atoms with Gasteiger partial charge in [-0.15, -0.1) is 0 Å². The first-order chi connectivity index (χ1) is 10.1. The summed E-state index contributed by atoms with van der Waals surface area (Å²) in [6.45, 7) is 5.63. The van der Waals surface area contributed by atoms with E-state index in [4.69, 9.17) is 4.52 Å². The van der Waals surface area contributed by atoms with Crippen LogP contribution in [0.5, 0.6) is 0 Å². The maximum Gasteiger partial charge on any atom is 0.257 e. The van der Waals surface area contributed by atoms with Crippen LogP contribution in [0, 0.1) is 26.7 Å². The number of nitrogens with one attached hydrogen (secondary N) is 1. The number of amides is 1. The number of aryl methyl sites for hydroxylation is 3. The smallest absolute Gasteiger partial charge is 0.257 e. The van der Waals surface area contributed by atoms with Crippen molar-refractivity contribution in [2.24, 2.45) is 5.92 Å². The second kappa shape index (κ2) is 5.35. The topological polar surface area (TPSA) is 55.1 Å². The molecule has 21 heavy (non-hydrogen) atoms. The van der Waals surface area contributed by atoms with E-state index in [1.807, 2.05) is 0 Å². The molecule has 1 saturated carbocycles. The van der Waals surface area contributed by atoms with Crippen molar-refractivity contribution in [1.82, 2.24) is 10.5 Å². The van der Waals surface area contributed by atoms with Crippen LogP contribution in [0.25, 0.3) is 0 Å². The summed E-state index contributed by atoms with van der Waals surface area (Å²) in [6, 6.07) is 8.46. The zero-order valence-electron chi connectivity index (χ0n) is 12.6. The average molecular weight is 284 g/mol. The van der Waals surface area contributed by atoms with Gasteiger partial charge in [-0.2, -0.15) is 0 Å². The van der Waals surface area contributed by atoms with Crippen molar-refractivity contribution in [1.29, 1.82) is 0 Å². The molecule has 1 aliphatic carbocycles. The van der Waals surface area contributed by atoms with Crippen molar-refractivity contribution in [3.8, 4) is 0 Å². The van der Waals surface area contributed by atoms with Gasteiger partial charge in [0.2, 0.25) is 0 Å². The summed E-state index contributed by atoms with van der Waals surface area (Å²) in [7, 11) is 0. The van der Waals surface area contributed by atoms with E-state index in [0.717, 1.165) is 0 Å². The molecule has 1 atom stereocenters. The van der Waals surface area contributed by atoms with Crippen molar-refractivity contribution in [2.45, 2.75) is 39.7 Å². The van der Waals surface area contributed by atoms with Gasteiger partial charge in [0.1, 0.15) is 11.3 Å². The lowest BCUT2D eigenvalue weighted by Gasteiger charge is -2.19. The third kappa shape index (κ3) is 2.84. The fourth-order valence-electron chi connectivity index (χ4n) is 2.70. The van der Waals surface area contributed by atoms with Crippen LogP contribution in [0.1, 0.15) is 51.8 Å². The first kappa shape index (κ1) is 13.9. The Morgan fingerprint density at radius 3 is 2.43 bits per heavy atom. The van der Waals surface area contributed by atoms with Crippen LogP contribution >= 0.6 is 0 Å². The van der Waals surface area contributed by atoms with Crippen LogP contribution in [0.4, 0.5) is 0 Å². The number of rotatable bonds is 4. The number of nitrogens with zero attached hydrogens (tertiary/aromatic N) is 1. The van der Waals surface area contributed by atoms with Gasteiger partial charge in [0.15, 0.2) is 0 Å². The fourth-order valence-corrected chi connectivity index (χ4v) is 2.70. The predicted octanol–water partition coefficient (Wildman–Crippen LogP) is 3.48. The second-order valence-corrected chi connectivity index (χ2v) is 5.90. The highest BCUT2D eigenvalue weighted by atomic mass is 16.5. The van der Waals surface area contributed by atoms with Gasteiger partial charge in [0, 0.05) is 0 Å². The minimum absolute atomic E-state index is 0.0757. The molecule has 0 bridgehead atoms. The highest BCUT2D eigenvalue weighted by molar-refractivity contribution is 5.96. The molecule has 0 spiro atoms. The number of hydrogen-bond acceptors (Lipinski definition) is 3. The molecule has 0 unspecified atom stereocenters. The lowest BCUT2D eigenvalue weighted by molar-refractivity contribution is 0.0929. The third-order valence-electron chi connectivity index (χ3n) is 4.08. The standard InChI is InChI=1S/C17H20N2O2/c1-10-4-6-13(7-5-10)16(14-8-9-14)18-17(20)15-11(2)19-21-12(15)3/h4-7,14,16H,8-9H2,1-3H3,(H,18,20)/t16-/m1/s1. The highest BCUT2D eigenvalue weighted by Gasteiger charge is 2.34. The molecule has 110 valence electrons. The Morgan fingerprint density at radius 2 is 1.90 bits per heavy atom. The average Bonchev–Trinajstić information content (AvgIpc) is 3.23. The lowest BCUT2D eigenvalue weighted by atomic mass is 10.0. The van der Waals surface area contributed by atoms with E-state index in [-0.39, 0.29) is 11.9 Å². The Kier molecular flexibility index (Phi) is 3.53. The Bertz CT molecular complexity index is 634. The van der Waals surface area contributed by atoms with Gasteiger partial charge in [0.25, 0.3) is 5.91 Å². The van der Waals surface area contributed by atoms with E-state index in [9.17, 15) is 4.79 Å². The first-order valence-corrected chi connectivity index (χ1v) is 7.36. The maximum absolute atomic E-state index is 12.5. The molecule has 1 aromatic heterocycles. The predicted molar refractivity (Wildman–Crippen MR) is 80.1 cm³/mol. The van der Waals surface area contributed by atoms with Gasteiger partial charge in [-0.3, -0.25) is 4.79 Å². The summed E-state index contributed by atoms with van der Waals surface area (Å²) < 4.78 is 5.08. The molecule has 4 heteroatoms. The van der Waals surface area contributed by atoms with Crippen molar-refractivity contribution < 1.29 is 9.32 Å². The summed E-state index contributed by atoms with van der Waals surface area (Å²) in [5.74, 6) is 1.02. The van der Waals surface area contributed by atoms with Crippen LogP contribution in [-0.4, -0.2) is 11.1 Å². The van der Waals surface area contributed by atoms with Gasteiger partial charge in [-0.05, 0) is 45.1 Å². The normalized spacial score (nSPS) is 15.8. The first-order valence-electron chi connectivity index (χ1n) is 7.36. The fraction of sp³-hybridized carbons (Fsp3) is 0.412. The van der Waals surface area contributed by atoms with Gasteiger partial charge in [-0.25, -0.2) is 0 Å². The molecule has 1 heterocycles. The summed E-state index contributed by atoms with van der Waals surface area (Å²) in [5.41, 5.74) is 3.60. The van der Waals surface area contributed by atoms with E-state index in [0.29, 0.717) is 22.9 Å². The largest absolute Gasteiger partial charge is 0.361 e. The Labute approximate surface area is 124 Å². The zero-order chi connectivity index (χ0) is 15.0. The second-order valence-electron chi connectivity index (χ2n) is 5.90. The summed E-state index contributed by atoms with van der Waals surface area (Å²) >= 11 is 0. The maximum atomic E-state index is 12.5. The van der Waals surface area contributed by atoms with E-state index in [2.05, 4.69) is 41.7 Å². The quantitative estimate of drug-likeness (QED) is 0.935. The highest BCUT2D eigenvalue weighted by Crippen LogP contribution is 2.41. The monoisotopic (exact) mass is 284 g/mol. The van der Waals surface area contributed by atoms with Crippen molar-refractivity contribution in [3.05, 3.63) is 52.4 Å². The third-order valence-corrected chi connectivity index (χ3v) is 4.08. The molecular formula is C17H20N2O2. The van der Waals surface area contributed by atoms with Crippen LogP contribution in [0.3, 0.4) is 0 Å². The molecule has 4 nitrogen and oxygen atoms in total. The minimum atomic E-state index is -0.0938. The number of hydrogen-bond donors (Lipinski definition) is 1. The number of carbonyl (C=O) groups excluding carboxylic acids is 1.